The minimum absolute atomic E-state index is 0.205. The van der Waals surface area contributed by atoms with Gasteiger partial charge in [0.05, 0.1) is 36.1 Å². The number of tetrazole rings is 1. The number of likely N-dealkylation sites (tertiary alicyclic amines) is 1. The van der Waals surface area contributed by atoms with E-state index in [-0.39, 0.29) is 18.1 Å². The van der Waals surface area contributed by atoms with E-state index in [9.17, 15) is 10.1 Å². The molecule has 14 heteroatoms. The van der Waals surface area contributed by atoms with Gasteiger partial charge in [0.2, 0.25) is 11.7 Å². The van der Waals surface area contributed by atoms with Crippen LogP contribution in [0.4, 0.5) is 11.6 Å². The molecule has 0 saturated carbocycles. The number of hydrogen-bond acceptors (Lipinski definition) is 11. The number of nitriles is 1. The van der Waals surface area contributed by atoms with Crippen LogP contribution in [-0.4, -0.2) is 69.4 Å². The van der Waals surface area contributed by atoms with Crippen molar-refractivity contribution in [2.75, 3.05) is 18.4 Å². The van der Waals surface area contributed by atoms with Gasteiger partial charge in [-0.05, 0) is 41.5 Å². The number of nitrogens with zero attached hydrogens (tertiary/aromatic N) is 10. The van der Waals surface area contributed by atoms with E-state index in [0.29, 0.717) is 43.4 Å². The van der Waals surface area contributed by atoms with Crippen LogP contribution in [0.2, 0.25) is 0 Å². The van der Waals surface area contributed by atoms with Crippen LogP contribution in [0.3, 0.4) is 0 Å². The van der Waals surface area contributed by atoms with Crippen molar-refractivity contribution in [1.29, 1.82) is 5.26 Å². The number of anilines is 2. The number of aromatic amines is 1. The van der Waals surface area contributed by atoms with Gasteiger partial charge < -0.3 is 14.7 Å². The van der Waals surface area contributed by atoms with Crippen molar-refractivity contribution in [2.45, 2.75) is 24.8 Å². The highest BCUT2D eigenvalue weighted by Crippen LogP contribution is 2.35. The molecule has 1 amide bonds. The molecule has 0 spiro atoms. The number of carbonyl (C=O) groups is 1. The van der Waals surface area contributed by atoms with E-state index in [1.807, 2.05) is 35.1 Å². The highest BCUT2D eigenvalue weighted by molar-refractivity contribution is 5.91. The van der Waals surface area contributed by atoms with E-state index in [0.717, 1.165) is 16.8 Å². The average molecular weight is 523 g/mol. The normalized spacial score (nSPS) is 14.6. The monoisotopic (exact) mass is 522 g/mol. The number of nitrogens with one attached hydrogen (secondary N) is 2. The maximum Gasteiger partial charge on any atom is 0.292 e. The molecule has 1 aromatic carbocycles. The van der Waals surface area contributed by atoms with Crippen LogP contribution in [0, 0.1) is 11.3 Å². The Balaban J connectivity index is 1.19. The first-order valence-electron chi connectivity index (χ1n) is 12.2. The van der Waals surface area contributed by atoms with Crippen molar-refractivity contribution < 1.29 is 9.32 Å². The quantitative estimate of drug-likeness (QED) is 0.321. The van der Waals surface area contributed by atoms with Gasteiger partial charge in [-0.1, -0.05) is 17.3 Å². The lowest BCUT2D eigenvalue weighted by molar-refractivity contribution is 0.0541. The Bertz CT molecular complexity index is 1610. The molecule has 5 heterocycles. The van der Waals surface area contributed by atoms with Crippen LogP contribution >= 0.6 is 0 Å². The summed E-state index contributed by atoms with van der Waals surface area (Å²) in [7, 11) is 0. The number of H-pyrrole nitrogens is 1. The number of hydrogen-bond donors (Lipinski definition) is 2. The Morgan fingerprint density at radius 1 is 1.18 bits per heavy atom. The second kappa shape index (κ2) is 10.1. The maximum absolute atomic E-state index is 12.7. The minimum atomic E-state index is -0.532. The fourth-order valence-corrected chi connectivity index (χ4v) is 4.69. The number of aromatic nitrogens is 9. The topological polar surface area (TPSA) is 180 Å². The molecule has 39 heavy (non-hydrogen) atoms. The van der Waals surface area contributed by atoms with Crippen molar-refractivity contribution in [3.05, 3.63) is 66.9 Å². The molecular formula is C25H22N12O2. The van der Waals surface area contributed by atoms with E-state index in [1.54, 1.807) is 29.4 Å². The number of carbonyl (C=O) groups excluding carboxylic acids is 1. The summed E-state index contributed by atoms with van der Waals surface area (Å²) < 4.78 is 6.86. The van der Waals surface area contributed by atoms with Gasteiger partial charge >= 0.3 is 0 Å². The standard InChI is InChI=1S/C25H22N12O2/c26-9-6-25(7-12-36(13-8-25)23(38)21-5-11-29-39-21)37-16-18(15-28-37)20-4-10-27-24(31-20)30-19-3-1-2-17(14-19)22-32-34-35-33-22/h1-5,10-11,14-16H,6-8,12-13H2,(H,27,30,31)(H,32,33,34,35). The van der Waals surface area contributed by atoms with Crippen LogP contribution in [-0.2, 0) is 5.54 Å². The van der Waals surface area contributed by atoms with Crippen LogP contribution in [0.15, 0.2) is 65.7 Å². The summed E-state index contributed by atoms with van der Waals surface area (Å²) in [6.07, 6.45) is 8.18. The Labute approximate surface area is 221 Å². The average Bonchev–Trinajstić information content (AvgIpc) is 3.77. The van der Waals surface area contributed by atoms with Crippen molar-refractivity contribution in [1.82, 2.24) is 50.4 Å². The van der Waals surface area contributed by atoms with Gasteiger partial charge in [0, 0.05) is 48.4 Å². The number of piperidine rings is 1. The van der Waals surface area contributed by atoms with Gasteiger partial charge in [-0.3, -0.25) is 9.48 Å². The molecule has 0 atom stereocenters. The third-order valence-corrected chi connectivity index (χ3v) is 6.80. The van der Waals surface area contributed by atoms with Crippen molar-refractivity contribution in [2.24, 2.45) is 0 Å². The first-order chi connectivity index (χ1) is 19.1. The summed E-state index contributed by atoms with van der Waals surface area (Å²) in [4.78, 5) is 23.4. The Morgan fingerprint density at radius 3 is 2.85 bits per heavy atom. The van der Waals surface area contributed by atoms with Crippen molar-refractivity contribution in [3.8, 4) is 28.7 Å². The summed E-state index contributed by atoms with van der Waals surface area (Å²) in [5, 5.41) is 35.0. The molecular weight excluding hydrogens is 500 g/mol. The largest absolute Gasteiger partial charge is 0.351 e. The predicted molar refractivity (Wildman–Crippen MR) is 136 cm³/mol. The molecule has 0 aliphatic carbocycles. The first kappa shape index (κ1) is 23.9. The molecule has 1 fully saturated rings. The molecule has 14 nitrogen and oxygen atoms in total. The molecule has 194 valence electrons. The lowest BCUT2D eigenvalue weighted by Crippen LogP contribution is -2.48. The molecule has 1 aliphatic rings. The van der Waals surface area contributed by atoms with Gasteiger partial charge in [-0.2, -0.15) is 10.4 Å². The van der Waals surface area contributed by atoms with Gasteiger partial charge in [-0.25, -0.2) is 15.1 Å². The van der Waals surface area contributed by atoms with Crippen LogP contribution in [0.25, 0.3) is 22.6 Å². The Kier molecular flexibility index (Phi) is 6.21. The summed E-state index contributed by atoms with van der Waals surface area (Å²) in [6.45, 7) is 0.947. The summed E-state index contributed by atoms with van der Waals surface area (Å²) >= 11 is 0. The zero-order valence-electron chi connectivity index (χ0n) is 20.6. The first-order valence-corrected chi connectivity index (χ1v) is 12.2. The third-order valence-electron chi connectivity index (χ3n) is 6.80. The van der Waals surface area contributed by atoms with Gasteiger partial charge in [0.15, 0.2) is 5.82 Å². The highest BCUT2D eigenvalue weighted by Gasteiger charge is 2.39. The van der Waals surface area contributed by atoms with E-state index in [1.165, 1.54) is 6.20 Å². The van der Waals surface area contributed by atoms with Crippen LogP contribution in [0.5, 0.6) is 0 Å². The molecule has 5 aromatic rings. The summed E-state index contributed by atoms with van der Waals surface area (Å²) in [6, 6.07) is 13.2. The maximum atomic E-state index is 12.7. The van der Waals surface area contributed by atoms with Crippen molar-refractivity contribution in [3.63, 3.8) is 0 Å². The Morgan fingerprint density at radius 2 is 2.08 bits per heavy atom. The van der Waals surface area contributed by atoms with E-state index >= 15 is 0 Å². The molecule has 1 saturated heterocycles. The smallest absolute Gasteiger partial charge is 0.292 e. The summed E-state index contributed by atoms with van der Waals surface area (Å²) in [5.74, 6) is 0.974. The lowest BCUT2D eigenvalue weighted by atomic mass is 9.85. The fraction of sp³-hybridized carbons (Fsp3) is 0.240. The summed E-state index contributed by atoms with van der Waals surface area (Å²) in [5.41, 5.74) is 2.53. The zero-order chi connectivity index (χ0) is 26.7. The van der Waals surface area contributed by atoms with E-state index in [2.05, 4.69) is 52.2 Å². The SMILES string of the molecule is N#CCC1(n2cc(-c3ccnc(Nc4cccc(-c5nnn[nH]5)c4)n3)cn2)CCN(C(=O)c2ccno2)CC1. The molecule has 0 bridgehead atoms. The van der Waals surface area contributed by atoms with E-state index < -0.39 is 5.54 Å². The van der Waals surface area contributed by atoms with Gasteiger partial charge in [-0.15, -0.1) is 5.10 Å². The lowest BCUT2D eigenvalue weighted by Gasteiger charge is -2.40. The molecule has 0 radical (unpaired) electrons. The molecule has 0 unspecified atom stereocenters. The van der Waals surface area contributed by atoms with Crippen LogP contribution in [0.1, 0.15) is 29.8 Å². The third kappa shape index (κ3) is 4.80. The van der Waals surface area contributed by atoms with Gasteiger partial charge in [0.25, 0.3) is 5.91 Å². The highest BCUT2D eigenvalue weighted by atomic mass is 16.5. The molecule has 1 aliphatic heterocycles. The molecule has 2 N–H and O–H groups in total. The molecule has 6 rings (SSSR count). The Hall–Kier alpha value is -5.45. The van der Waals surface area contributed by atoms with E-state index in [4.69, 9.17) is 4.52 Å². The minimum Gasteiger partial charge on any atom is -0.351 e. The second-order valence-corrected chi connectivity index (χ2v) is 9.12. The number of rotatable bonds is 7. The number of amides is 1. The molecule has 4 aromatic heterocycles. The fourth-order valence-electron chi connectivity index (χ4n) is 4.69. The van der Waals surface area contributed by atoms with Crippen molar-refractivity contribution >= 4 is 17.5 Å². The predicted octanol–water partition coefficient (Wildman–Crippen LogP) is 2.80. The van der Waals surface area contributed by atoms with Crippen LogP contribution < -0.4 is 5.32 Å². The number of benzene rings is 1. The van der Waals surface area contributed by atoms with Gasteiger partial charge in [0.1, 0.15) is 0 Å². The second-order valence-electron chi connectivity index (χ2n) is 9.12. The zero-order valence-corrected chi connectivity index (χ0v) is 20.6.